The van der Waals surface area contributed by atoms with Crippen LogP contribution in [0.2, 0.25) is 0 Å². The lowest BCUT2D eigenvalue weighted by Crippen LogP contribution is -2.48. The molecule has 0 unspecified atom stereocenters. The minimum Gasteiger partial charge on any atom is -0.497 e. The Hall–Kier alpha value is -2.08. The van der Waals surface area contributed by atoms with Crippen LogP contribution in [0, 0.1) is 0 Å². The molecule has 1 fully saturated rings. The fourth-order valence-electron chi connectivity index (χ4n) is 2.69. The molecule has 0 spiro atoms. The number of aromatic nitrogens is 1. The number of methoxy groups -OCH3 is 1. The quantitative estimate of drug-likeness (QED) is 0.827. The number of carbonyl (C=O) groups excluding carboxylic acids is 1. The van der Waals surface area contributed by atoms with Crippen LogP contribution in [0.15, 0.2) is 47.2 Å². The van der Waals surface area contributed by atoms with Crippen LogP contribution >= 0.6 is 15.9 Å². The second-order valence-corrected chi connectivity index (χ2v) is 6.29. The lowest BCUT2D eigenvalue weighted by atomic mass is 10.2. The van der Waals surface area contributed by atoms with Gasteiger partial charge >= 0.3 is 0 Å². The molecule has 1 aromatic heterocycles. The van der Waals surface area contributed by atoms with Gasteiger partial charge in [0.2, 0.25) is 0 Å². The number of hydrogen-bond acceptors (Lipinski definition) is 4. The molecule has 0 aliphatic carbocycles. The lowest BCUT2D eigenvalue weighted by molar-refractivity contribution is 0.0746. The minimum atomic E-state index is 0.0316. The van der Waals surface area contributed by atoms with Crippen molar-refractivity contribution in [3.05, 3.63) is 52.8 Å². The molecule has 5 nitrogen and oxygen atoms in total. The second-order valence-electron chi connectivity index (χ2n) is 5.37. The minimum absolute atomic E-state index is 0.0316. The summed E-state index contributed by atoms with van der Waals surface area (Å²) in [6.07, 6.45) is 3.29. The summed E-state index contributed by atoms with van der Waals surface area (Å²) in [5.41, 5.74) is 1.75. The number of amides is 1. The first-order valence-electron chi connectivity index (χ1n) is 7.46. The van der Waals surface area contributed by atoms with E-state index in [-0.39, 0.29) is 5.91 Å². The van der Waals surface area contributed by atoms with Crippen LogP contribution in [-0.4, -0.2) is 49.1 Å². The van der Waals surface area contributed by atoms with Crippen LogP contribution < -0.4 is 9.64 Å². The number of nitrogens with zero attached hydrogens (tertiary/aromatic N) is 3. The number of anilines is 1. The Morgan fingerprint density at radius 2 is 1.96 bits per heavy atom. The van der Waals surface area contributed by atoms with Crippen molar-refractivity contribution >= 4 is 27.5 Å². The maximum absolute atomic E-state index is 12.5. The number of hydrogen-bond donors (Lipinski definition) is 0. The topological polar surface area (TPSA) is 45.7 Å². The fraction of sp³-hybridized carbons (Fsp3) is 0.294. The molecule has 2 heterocycles. The zero-order chi connectivity index (χ0) is 16.2. The molecule has 0 bridgehead atoms. The zero-order valence-corrected chi connectivity index (χ0v) is 14.5. The van der Waals surface area contributed by atoms with E-state index in [0.717, 1.165) is 29.0 Å². The van der Waals surface area contributed by atoms with E-state index in [1.807, 2.05) is 29.2 Å². The smallest absolute Gasteiger partial charge is 0.255 e. The van der Waals surface area contributed by atoms with E-state index in [1.54, 1.807) is 19.5 Å². The fourth-order valence-corrected chi connectivity index (χ4v) is 3.05. The van der Waals surface area contributed by atoms with Gasteiger partial charge in [0.1, 0.15) is 5.75 Å². The SMILES string of the molecule is COc1cccc(N2CCN(C(=O)c3cncc(Br)c3)CC2)c1. The predicted octanol–water partition coefficient (Wildman–Crippen LogP) is 2.82. The number of pyridine rings is 1. The van der Waals surface area contributed by atoms with Gasteiger partial charge in [-0.25, -0.2) is 0 Å². The Kier molecular flexibility index (Phi) is 4.81. The summed E-state index contributed by atoms with van der Waals surface area (Å²) in [5, 5.41) is 0. The summed E-state index contributed by atoms with van der Waals surface area (Å²) in [4.78, 5) is 20.7. The number of rotatable bonds is 3. The summed E-state index contributed by atoms with van der Waals surface area (Å²) in [6.45, 7) is 3.01. The molecule has 1 aromatic carbocycles. The second kappa shape index (κ2) is 7.00. The number of carbonyl (C=O) groups is 1. The molecule has 1 aliphatic heterocycles. The first-order chi connectivity index (χ1) is 11.2. The van der Waals surface area contributed by atoms with E-state index < -0.39 is 0 Å². The molecule has 6 heteroatoms. The van der Waals surface area contributed by atoms with Crippen molar-refractivity contribution in [3.63, 3.8) is 0 Å². The average Bonchev–Trinajstić information content (AvgIpc) is 2.61. The molecular weight excluding hydrogens is 358 g/mol. The van der Waals surface area contributed by atoms with Crippen molar-refractivity contribution in [2.75, 3.05) is 38.2 Å². The van der Waals surface area contributed by atoms with Gasteiger partial charge in [0, 0.05) is 54.8 Å². The Bertz CT molecular complexity index is 700. The maximum Gasteiger partial charge on any atom is 0.255 e. The van der Waals surface area contributed by atoms with Crippen molar-refractivity contribution in [3.8, 4) is 5.75 Å². The van der Waals surface area contributed by atoms with E-state index in [9.17, 15) is 4.79 Å². The van der Waals surface area contributed by atoms with E-state index in [2.05, 4.69) is 31.9 Å². The van der Waals surface area contributed by atoms with Gasteiger partial charge in [-0.2, -0.15) is 0 Å². The van der Waals surface area contributed by atoms with Crippen LogP contribution in [0.1, 0.15) is 10.4 Å². The van der Waals surface area contributed by atoms with Gasteiger partial charge in [0.15, 0.2) is 0 Å². The Morgan fingerprint density at radius 1 is 1.17 bits per heavy atom. The third-order valence-electron chi connectivity index (χ3n) is 3.94. The summed E-state index contributed by atoms with van der Waals surface area (Å²) in [7, 11) is 1.67. The van der Waals surface area contributed by atoms with Crippen LogP contribution in [0.3, 0.4) is 0 Å². The summed E-state index contributed by atoms with van der Waals surface area (Å²) < 4.78 is 6.09. The van der Waals surface area contributed by atoms with Crippen molar-refractivity contribution in [1.82, 2.24) is 9.88 Å². The van der Waals surface area contributed by atoms with Gasteiger partial charge in [0.05, 0.1) is 12.7 Å². The maximum atomic E-state index is 12.5. The van der Waals surface area contributed by atoms with Crippen molar-refractivity contribution < 1.29 is 9.53 Å². The van der Waals surface area contributed by atoms with E-state index in [1.165, 1.54) is 0 Å². The van der Waals surface area contributed by atoms with Crippen molar-refractivity contribution in [2.24, 2.45) is 0 Å². The summed E-state index contributed by atoms with van der Waals surface area (Å²) in [5.74, 6) is 0.880. The van der Waals surface area contributed by atoms with Gasteiger partial charge in [-0.3, -0.25) is 9.78 Å². The molecule has 0 radical (unpaired) electrons. The molecule has 0 saturated carbocycles. The van der Waals surface area contributed by atoms with Crippen LogP contribution in [-0.2, 0) is 0 Å². The van der Waals surface area contributed by atoms with E-state index in [0.29, 0.717) is 18.7 Å². The Labute approximate surface area is 144 Å². The van der Waals surface area contributed by atoms with Crippen molar-refractivity contribution in [1.29, 1.82) is 0 Å². The van der Waals surface area contributed by atoms with Crippen LogP contribution in [0.25, 0.3) is 0 Å². The van der Waals surface area contributed by atoms with Crippen molar-refractivity contribution in [2.45, 2.75) is 0 Å². The van der Waals surface area contributed by atoms with E-state index in [4.69, 9.17) is 4.74 Å². The van der Waals surface area contributed by atoms with E-state index >= 15 is 0 Å². The number of ether oxygens (including phenoxy) is 1. The highest BCUT2D eigenvalue weighted by Crippen LogP contribution is 2.22. The average molecular weight is 376 g/mol. The first kappa shape index (κ1) is 15.8. The molecular formula is C17H18BrN3O2. The molecule has 1 saturated heterocycles. The normalized spacial score (nSPS) is 14.7. The van der Waals surface area contributed by atoms with Crippen LogP contribution in [0.4, 0.5) is 5.69 Å². The highest BCUT2D eigenvalue weighted by Gasteiger charge is 2.22. The third kappa shape index (κ3) is 3.64. The van der Waals surface area contributed by atoms with Gasteiger partial charge in [-0.15, -0.1) is 0 Å². The molecule has 23 heavy (non-hydrogen) atoms. The molecule has 120 valence electrons. The monoisotopic (exact) mass is 375 g/mol. The predicted molar refractivity (Wildman–Crippen MR) is 93.0 cm³/mol. The number of halogens is 1. The van der Waals surface area contributed by atoms with Gasteiger partial charge < -0.3 is 14.5 Å². The van der Waals surface area contributed by atoms with Gasteiger partial charge in [0.25, 0.3) is 5.91 Å². The Morgan fingerprint density at radius 3 is 2.65 bits per heavy atom. The molecule has 1 amide bonds. The molecule has 3 rings (SSSR count). The van der Waals surface area contributed by atoms with Gasteiger partial charge in [-0.1, -0.05) is 6.07 Å². The highest BCUT2D eigenvalue weighted by molar-refractivity contribution is 9.10. The molecule has 0 atom stereocenters. The summed E-state index contributed by atoms with van der Waals surface area (Å²) in [6, 6.07) is 9.82. The van der Waals surface area contributed by atoms with Gasteiger partial charge in [-0.05, 0) is 34.1 Å². The molecule has 0 N–H and O–H groups in total. The highest BCUT2D eigenvalue weighted by atomic mass is 79.9. The number of benzene rings is 1. The largest absolute Gasteiger partial charge is 0.497 e. The molecule has 2 aromatic rings. The zero-order valence-electron chi connectivity index (χ0n) is 12.9. The lowest BCUT2D eigenvalue weighted by Gasteiger charge is -2.36. The van der Waals surface area contributed by atoms with Crippen LogP contribution in [0.5, 0.6) is 5.75 Å². The standard InChI is InChI=1S/C17H18BrN3O2/c1-23-16-4-2-3-15(10-16)20-5-7-21(8-6-20)17(22)13-9-14(18)12-19-11-13/h2-4,9-12H,5-8H2,1H3. The Balaban J connectivity index is 1.65. The third-order valence-corrected chi connectivity index (χ3v) is 4.37. The number of piperazine rings is 1. The molecule has 1 aliphatic rings. The first-order valence-corrected chi connectivity index (χ1v) is 8.25. The summed E-state index contributed by atoms with van der Waals surface area (Å²) >= 11 is 3.35.